The van der Waals surface area contributed by atoms with Gasteiger partial charge in [-0.25, -0.2) is 5.01 Å². The fourth-order valence-electron chi connectivity index (χ4n) is 4.02. The molecule has 0 spiro atoms. The predicted octanol–water partition coefficient (Wildman–Crippen LogP) is 5.39. The van der Waals surface area contributed by atoms with Crippen LogP contribution in [-0.4, -0.2) is 37.1 Å². The van der Waals surface area contributed by atoms with Gasteiger partial charge in [-0.1, -0.05) is 23.9 Å². The van der Waals surface area contributed by atoms with Gasteiger partial charge >= 0.3 is 0 Å². The minimum atomic E-state index is -0.221. The van der Waals surface area contributed by atoms with Crippen molar-refractivity contribution in [2.75, 3.05) is 5.75 Å². The maximum absolute atomic E-state index is 13.3. The first-order valence-electron chi connectivity index (χ1n) is 10.8. The topological polar surface area (TPSA) is 76.5 Å². The maximum Gasteiger partial charge on any atom is 0.253 e. The van der Waals surface area contributed by atoms with Crippen LogP contribution in [0.1, 0.15) is 52.7 Å². The van der Waals surface area contributed by atoms with E-state index in [0.29, 0.717) is 12.5 Å². The van der Waals surface area contributed by atoms with Crippen LogP contribution in [0.25, 0.3) is 0 Å². The minimum absolute atomic E-state index is 0.0573. The highest BCUT2D eigenvalue weighted by atomic mass is 32.2. The first-order valence-corrected chi connectivity index (χ1v) is 13.6. The van der Waals surface area contributed by atoms with Crippen molar-refractivity contribution in [2.45, 2.75) is 42.9 Å². The molecule has 10 heteroatoms. The molecule has 168 valence electrons. The van der Waals surface area contributed by atoms with Crippen molar-refractivity contribution in [3.63, 3.8) is 0 Å². The molecule has 1 unspecified atom stereocenters. The average molecular weight is 496 g/mol. The van der Waals surface area contributed by atoms with Gasteiger partial charge in [0, 0.05) is 23.8 Å². The summed E-state index contributed by atoms with van der Waals surface area (Å²) in [6.07, 6.45) is 5.34. The first-order chi connectivity index (χ1) is 16.3. The van der Waals surface area contributed by atoms with Crippen LogP contribution < -0.4 is 0 Å². The van der Waals surface area contributed by atoms with Gasteiger partial charge in [-0.15, -0.1) is 32.9 Å². The minimum Gasteiger partial charge on any atom is -0.467 e. The molecule has 0 saturated heterocycles. The highest BCUT2D eigenvalue weighted by molar-refractivity contribution is 7.99. The highest BCUT2D eigenvalue weighted by Gasteiger charge is 2.36. The smallest absolute Gasteiger partial charge is 0.253 e. The van der Waals surface area contributed by atoms with E-state index < -0.39 is 0 Å². The maximum atomic E-state index is 13.3. The predicted molar refractivity (Wildman–Crippen MR) is 130 cm³/mol. The zero-order valence-corrected chi connectivity index (χ0v) is 20.1. The van der Waals surface area contributed by atoms with Crippen molar-refractivity contribution in [3.8, 4) is 0 Å². The molecule has 0 bridgehead atoms. The summed E-state index contributed by atoms with van der Waals surface area (Å²) in [6, 6.07) is 12.2. The molecule has 33 heavy (non-hydrogen) atoms. The number of thioether (sulfide) groups is 1. The molecule has 1 atom stereocenters. The Morgan fingerprint density at radius 1 is 1.12 bits per heavy atom. The van der Waals surface area contributed by atoms with Crippen molar-refractivity contribution in [2.24, 2.45) is 5.10 Å². The monoisotopic (exact) mass is 495 g/mol. The number of hydrogen-bond acceptors (Lipinski definition) is 8. The lowest BCUT2D eigenvalue weighted by molar-refractivity contribution is -0.130. The number of carbonyl (C=O) groups excluding carboxylic acids is 1. The molecule has 4 aromatic heterocycles. The Kier molecular flexibility index (Phi) is 5.65. The van der Waals surface area contributed by atoms with Crippen LogP contribution in [0, 0.1) is 0 Å². The molecular formula is C23H21N5O2S3. The standard InChI is InChI=1S/C23H21N5O2S3/c29-22(28-18(19-5-1-9-30-19)13-17(26-28)20-6-3-11-32-20)14-33-23-25-24-21(27(23)15-7-8-15)12-16-4-2-10-31-16/h1-6,9-11,15,18H,7-8,12-14H2. The van der Waals surface area contributed by atoms with Gasteiger partial charge in [-0.2, -0.15) is 5.10 Å². The third-order valence-electron chi connectivity index (χ3n) is 5.73. The van der Waals surface area contributed by atoms with Gasteiger partial charge in [0.05, 0.1) is 22.6 Å². The molecular weight excluding hydrogens is 474 g/mol. The molecule has 6 rings (SSSR count). The molecule has 7 nitrogen and oxygen atoms in total. The summed E-state index contributed by atoms with van der Waals surface area (Å²) in [4.78, 5) is 15.7. The number of hydrogen-bond donors (Lipinski definition) is 0. The number of aromatic nitrogens is 3. The van der Waals surface area contributed by atoms with Gasteiger partial charge in [0.25, 0.3) is 5.91 Å². The van der Waals surface area contributed by atoms with E-state index in [0.717, 1.165) is 46.6 Å². The summed E-state index contributed by atoms with van der Waals surface area (Å²) < 4.78 is 7.87. The van der Waals surface area contributed by atoms with E-state index in [2.05, 4.69) is 32.3 Å². The second kappa shape index (κ2) is 8.92. The Labute approximate surface area is 203 Å². The number of amides is 1. The summed E-state index contributed by atoms with van der Waals surface area (Å²) in [5.74, 6) is 1.92. The van der Waals surface area contributed by atoms with Crippen LogP contribution in [0.4, 0.5) is 0 Å². The van der Waals surface area contributed by atoms with E-state index >= 15 is 0 Å². The number of furan rings is 1. The van der Waals surface area contributed by atoms with Gasteiger partial charge < -0.3 is 8.98 Å². The Morgan fingerprint density at radius 3 is 2.73 bits per heavy atom. The van der Waals surface area contributed by atoms with Gasteiger partial charge in [0.2, 0.25) is 0 Å². The summed E-state index contributed by atoms with van der Waals surface area (Å²) in [5, 5.41) is 20.1. The Balaban J connectivity index is 1.20. The lowest BCUT2D eigenvalue weighted by atomic mass is 10.1. The number of thiophene rings is 2. The third-order valence-corrected chi connectivity index (χ3v) is 8.45. The second-order valence-corrected chi connectivity index (χ2v) is 11.0. The van der Waals surface area contributed by atoms with E-state index in [9.17, 15) is 4.79 Å². The van der Waals surface area contributed by atoms with Crippen molar-refractivity contribution < 1.29 is 9.21 Å². The molecule has 1 fully saturated rings. The Hall–Kier alpha value is -2.69. The number of rotatable bonds is 8. The zero-order valence-electron chi connectivity index (χ0n) is 17.7. The van der Waals surface area contributed by atoms with E-state index in [1.165, 1.54) is 16.6 Å². The van der Waals surface area contributed by atoms with Gasteiger partial charge in [-0.3, -0.25) is 4.79 Å². The molecule has 1 aliphatic carbocycles. The molecule has 0 radical (unpaired) electrons. The fourth-order valence-corrected chi connectivity index (χ4v) is 6.32. The van der Waals surface area contributed by atoms with Crippen LogP contribution >= 0.6 is 34.4 Å². The van der Waals surface area contributed by atoms with Crippen LogP contribution in [0.2, 0.25) is 0 Å². The quantitative estimate of drug-likeness (QED) is 0.306. The Bertz CT molecular complexity index is 1260. The van der Waals surface area contributed by atoms with Crippen LogP contribution in [0.5, 0.6) is 0 Å². The zero-order chi connectivity index (χ0) is 22.2. The molecule has 1 aliphatic heterocycles. The van der Waals surface area contributed by atoms with Crippen molar-refractivity contribution in [1.29, 1.82) is 0 Å². The third kappa shape index (κ3) is 4.30. The number of nitrogens with zero attached hydrogens (tertiary/aromatic N) is 5. The van der Waals surface area contributed by atoms with Gasteiger partial charge in [-0.05, 0) is 47.9 Å². The summed E-state index contributed by atoms with van der Waals surface area (Å²) in [5.41, 5.74) is 0.920. The lowest BCUT2D eigenvalue weighted by Gasteiger charge is -2.19. The van der Waals surface area contributed by atoms with Crippen molar-refractivity contribution in [1.82, 2.24) is 19.8 Å². The van der Waals surface area contributed by atoms with Crippen molar-refractivity contribution >= 4 is 46.1 Å². The molecule has 2 aliphatic rings. The van der Waals surface area contributed by atoms with Gasteiger partial charge in [0.1, 0.15) is 17.6 Å². The summed E-state index contributed by atoms with van der Waals surface area (Å²) >= 11 is 4.81. The molecule has 1 saturated carbocycles. The average Bonchev–Trinajstić information content (AvgIpc) is 3.45. The van der Waals surface area contributed by atoms with Crippen molar-refractivity contribution in [3.05, 3.63) is 74.8 Å². The normalized spacial score (nSPS) is 18.1. The Morgan fingerprint density at radius 2 is 2.00 bits per heavy atom. The van der Waals surface area contributed by atoms with Gasteiger partial charge in [0.15, 0.2) is 5.16 Å². The van der Waals surface area contributed by atoms with Crippen LogP contribution in [0.3, 0.4) is 0 Å². The highest BCUT2D eigenvalue weighted by Crippen LogP contribution is 2.40. The fraction of sp³-hybridized carbons (Fsp3) is 0.304. The molecule has 4 aromatic rings. The van der Waals surface area contributed by atoms with E-state index in [1.807, 2.05) is 29.6 Å². The van der Waals surface area contributed by atoms with Crippen LogP contribution in [-0.2, 0) is 11.2 Å². The molecule has 5 heterocycles. The molecule has 0 N–H and O–H groups in total. The van der Waals surface area contributed by atoms with E-state index in [4.69, 9.17) is 9.52 Å². The summed E-state index contributed by atoms with van der Waals surface area (Å²) in [7, 11) is 0. The number of carbonyl (C=O) groups is 1. The molecule has 0 aromatic carbocycles. The largest absolute Gasteiger partial charge is 0.467 e. The first kappa shape index (κ1) is 20.9. The second-order valence-electron chi connectivity index (χ2n) is 8.04. The van der Waals surface area contributed by atoms with E-state index in [1.54, 1.807) is 33.9 Å². The summed E-state index contributed by atoms with van der Waals surface area (Å²) in [6.45, 7) is 0. The van der Waals surface area contributed by atoms with E-state index in [-0.39, 0.29) is 17.7 Å². The molecule has 1 amide bonds. The SMILES string of the molecule is O=C(CSc1nnc(Cc2cccs2)n1C1CC1)N1N=C(c2cccs2)CC1c1ccco1. The lowest BCUT2D eigenvalue weighted by Crippen LogP contribution is -2.28. The number of hydrazone groups is 1. The van der Waals surface area contributed by atoms with Crippen LogP contribution in [0.15, 0.2) is 68.1 Å².